The number of carbonyl (C=O) groups is 1. The normalized spacial score (nSPS) is 14.6. The molecule has 152 valence electrons. The number of carbonyl (C=O) groups excluding carboxylic acids is 1. The van der Waals surface area contributed by atoms with Crippen molar-refractivity contribution in [2.45, 2.75) is 6.54 Å². The van der Waals surface area contributed by atoms with Crippen LogP contribution in [0.25, 0.3) is 11.2 Å². The van der Waals surface area contributed by atoms with Gasteiger partial charge in [-0.1, -0.05) is 17.7 Å². The van der Waals surface area contributed by atoms with Crippen LogP contribution in [0.1, 0.15) is 0 Å². The minimum atomic E-state index is -0.559. The molecule has 0 aliphatic carbocycles. The van der Waals surface area contributed by atoms with Crippen molar-refractivity contribution in [3.63, 3.8) is 0 Å². The molecule has 11 heteroatoms. The van der Waals surface area contributed by atoms with Gasteiger partial charge < -0.3 is 14.4 Å². The minimum absolute atomic E-state index is 0.274. The van der Waals surface area contributed by atoms with E-state index in [0.29, 0.717) is 37.0 Å². The van der Waals surface area contributed by atoms with Crippen LogP contribution >= 0.6 is 11.6 Å². The Bertz CT molecular complexity index is 1200. The highest BCUT2D eigenvalue weighted by atomic mass is 35.5. The first-order valence-electron chi connectivity index (χ1n) is 9.13. The number of nitrogens with zero attached hydrogens (tertiary/aromatic N) is 7. The highest BCUT2D eigenvalue weighted by molar-refractivity contribution is 6.29. The summed E-state index contributed by atoms with van der Waals surface area (Å²) >= 11 is 5.95. The third-order valence-corrected chi connectivity index (χ3v) is 5.36. The van der Waals surface area contributed by atoms with Crippen LogP contribution in [-0.2, 0) is 25.4 Å². The van der Waals surface area contributed by atoms with Gasteiger partial charge in [0.1, 0.15) is 17.5 Å². The second-order valence-corrected chi connectivity index (χ2v) is 7.33. The van der Waals surface area contributed by atoms with Crippen molar-refractivity contribution in [3.8, 4) is 0 Å². The maximum atomic E-state index is 12.8. The zero-order chi connectivity index (χ0) is 20.7. The van der Waals surface area contributed by atoms with Crippen LogP contribution in [0.4, 0.5) is 5.82 Å². The van der Waals surface area contributed by atoms with Gasteiger partial charge in [0.2, 0.25) is 5.91 Å². The fourth-order valence-corrected chi connectivity index (χ4v) is 3.69. The fraction of sp³-hybridized carbons (Fsp3) is 0.389. The Balaban J connectivity index is 1.52. The molecule has 0 atom stereocenters. The Morgan fingerprint density at radius 1 is 1.14 bits per heavy atom. The second-order valence-electron chi connectivity index (χ2n) is 6.95. The number of hydrogen-bond donors (Lipinski definition) is 0. The summed E-state index contributed by atoms with van der Waals surface area (Å²) < 4.78 is 3.80. The lowest BCUT2D eigenvalue weighted by Gasteiger charge is -2.35. The molecule has 0 radical (unpaired) electrons. The quantitative estimate of drug-likeness (QED) is 0.549. The molecule has 1 aliphatic rings. The number of rotatable bonds is 3. The third-order valence-electron chi connectivity index (χ3n) is 5.15. The third kappa shape index (κ3) is 3.39. The van der Waals surface area contributed by atoms with Crippen molar-refractivity contribution in [2.75, 3.05) is 31.1 Å². The van der Waals surface area contributed by atoms with Crippen LogP contribution in [0.5, 0.6) is 0 Å². The number of imidazole rings is 1. The number of fused-ring (bicyclic) bond motifs is 1. The molecule has 1 saturated heterocycles. The number of pyridine rings is 1. The maximum absolute atomic E-state index is 12.8. The molecule has 1 amide bonds. The summed E-state index contributed by atoms with van der Waals surface area (Å²) in [5, 5.41) is 0.418. The molecular formula is C18H20ClN7O3. The van der Waals surface area contributed by atoms with E-state index in [2.05, 4.69) is 9.97 Å². The molecule has 1 fully saturated rings. The van der Waals surface area contributed by atoms with Crippen molar-refractivity contribution in [2.24, 2.45) is 14.1 Å². The topological polar surface area (TPSA) is 98.3 Å². The van der Waals surface area contributed by atoms with E-state index in [1.165, 1.54) is 17.9 Å². The van der Waals surface area contributed by atoms with E-state index in [1.54, 1.807) is 22.6 Å². The summed E-state index contributed by atoms with van der Waals surface area (Å²) in [6.45, 7) is 1.81. The summed E-state index contributed by atoms with van der Waals surface area (Å²) in [7, 11) is 3.21. The maximum Gasteiger partial charge on any atom is 0.332 e. The number of aryl methyl sites for hydroxylation is 2. The van der Waals surface area contributed by atoms with Gasteiger partial charge in [-0.25, -0.2) is 19.3 Å². The lowest BCUT2D eigenvalue weighted by atomic mass is 10.3. The van der Waals surface area contributed by atoms with E-state index < -0.39 is 11.2 Å². The Hall–Kier alpha value is -3.14. The fourth-order valence-electron chi connectivity index (χ4n) is 3.53. The lowest BCUT2D eigenvalue weighted by Crippen LogP contribution is -2.51. The highest BCUT2D eigenvalue weighted by Crippen LogP contribution is 2.16. The van der Waals surface area contributed by atoms with E-state index in [1.807, 2.05) is 17.0 Å². The predicted octanol–water partition coefficient (Wildman–Crippen LogP) is -0.169. The van der Waals surface area contributed by atoms with Crippen molar-refractivity contribution in [1.82, 2.24) is 28.6 Å². The largest absolute Gasteiger partial charge is 0.353 e. The zero-order valence-electron chi connectivity index (χ0n) is 16.1. The summed E-state index contributed by atoms with van der Waals surface area (Å²) in [6, 6.07) is 5.41. The number of piperazine rings is 1. The van der Waals surface area contributed by atoms with E-state index >= 15 is 0 Å². The van der Waals surface area contributed by atoms with Gasteiger partial charge in [0.05, 0.1) is 6.33 Å². The average Bonchev–Trinajstić information content (AvgIpc) is 3.11. The molecule has 4 heterocycles. The van der Waals surface area contributed by atoms with Gasteiger partial charge in [0.25, 0.3) is 5.56 Å². The van der Waals surface area contributed by atoms with Crippen LogP contribution in [0.15, 0.2) is 34.1 Å². The van der Waals surface area contributed by atoms with Gasteiger partial charge >= 0.3 is 5.69 Å². The summed E-state index contributed by atoms with van der Waals surface area (Å²) in [5.41, 5.74) is -0.486. The molecule has 0 bridgehead atoms. The van der Waals surface area contributed by atoms with Gasteiger partial charge in [-0.2, -0.15) is 0 Å². The van der Waals surface area contributed by atoms with Gasteiger partial charge in [-0.3, -0.25) is 14.2 Å². The van der Waals surface area contributed by atoms with E-state index in [9.17, 15) is 14.4 Å². The Labute approximate surface area is 170 Å². The highest BCUT2D eigenvalue weighted by Gasteiger charge is 2.24. The Morgan fingerprint density at radius 3 is 2.55 bits per heavy atom. The summed E-state index contributed by atoms with van der Waals surface area (Å²) in [4.78, 5) is 50.2. The second kappa shape index (κ2) is 7.36. The van der Waals surface area contributed by atoms with E-state index in [0.717, 1.165) is 10.4 Å². The Kier molecular flexibility index (Phi) is 4.87. The number of hydrogen-bond acceptors (Lipinski definition) is 6. The first-order valence-corrected chi connectivity index (χ1v) is 9.50. The molecule has 3 aromatic heterocycles. The molecule has 4 rings (SSSR count). The first kappa shape index (κ1) is 19.2. The van der Waals surface area contributed by atoms with Crippen LogP contribution in [0.2, 0.25) is 5.15 Å². The monoisotopic (exact) mass is 417 g/mol. The van der Waals surface area contributed by atoms with Crippen molar-refractivity contribution in [1.29, 1.82) is 0 Å². The molecule has 10 nitrogen and oxygen atoms in total. The number of anilines is 1. The van der Waals surface area contributed by atoms with Crippen LogP contribution in [0.3, 0.4) is 0 Å². The van der Waals surface area contributed by atoms with Crippen molar-refractivity contribution in [3.05, 3.63) is 50.5 Å². The predicted molar refractivity (Wildman–Crippen MR) is 108 cm³/mol. The molecule has 29 heavy (non-hydrogen) atoms. The molecule has 0 saturated carbocycles. The van der Waals surface area contributed by atoms with E-state index in [4.69, 9.17) is 11.6 Å². The molecule has 3 aromatic rings. The Morgan fingerprint density at radius 2 is 1.86 bits per heavy atom. The molecule has 1 aliphatic heterocycles. The first-order chi connectivity index (χ1) is 13.9. The lowest BCUT2D eigenvalue weighted by molar-refractivity contribution is -0.132. The van der Waals surface area contributed by atoms with Gasteiger partial charge in [-0.15, -0.1) is 0 Å². The summed E-state index contributed by atoms with van der Waals surface area (Å²) in [6.07, 6.45) is 1.47. The van der Waals surface area contributed by atoms with E-state index in [-0.39, 0.29) is 18.0 Å². The smallest absolute Gasteiger partial charge is 0.332 e. The van der Waals surface area contributed by atoms with Gasteiger partial charge in [-0.05, 0) is 12.1 Å². The van der Waals surface area contributed by atoms with Gasteiger partial charge in [0.15, 0.2) is 11.2 Å². The van der Waals surface area contributed by atoms with Crippen LogP contribution < -0.4 is 16.1 Å². The van der Waals surface area contributed by atoms with Gasteiger partial charge in [0, 0.05) is 40.3 Å². The molecular weight excluding hydrogens is 398 g/mol. The zero-order valence-corrected chi connectivity index (χ0v) is 16.8. The number of aromatic nitrogens is 5. The minimum Gasteiger partial charge on any atom is -0.353 e. The van der Waals surface area contributed by atoms with Crippen LogP contribution in [-0.4, -0.2) is 60.7 Å². The molecule has 0 spiro atoms. The summed E-state index contributed by atoms with van der Waals surface area (Å²) in [5.74, 6) is 0.487. The van der Waals surface area contributed by atoms with Crippen LogP contribution in [0, 0.1) is 0 Å². The number of halogens is 1. The number of amides is 1. The molecule has 0 N–H and O–H groups in total. The molecule has 0 unspecified atom stereocenters. The van der Waals surface area contributed by atoms with Crippen molar-refractivity contribution < 1.29 is 4.79 Å². The average molecular weight is 418 g/mol. The standard InChI is InChI=1S/C18H20ClN7O3/c1-22-11-20-16-15(22)17(28)26(18(29)23(16)2)10-14(27)25-8-6-24(7-9-25)13-5-3-4-12(19)21-13/h3-5,11H,6-10H2,1-2H3. The molecule has 0 aromatic carbocycles. The SMILES string of the molecule is Cn1cnc2c1c(=O)n(CC(=O)N1CCN(c3cccc(Cl)n3)CC1)c(=O)n2C. The van der Waals surface area contributed by atoms with Crippen molar-refractivity contribution >= 4 is 34.5 Å².